The Hall–Kier alpha value is -2.16. The van der Waals surface area contributed by atoms with Gasteiger partial charge in [0.05, 0.1) is 18.9 Å². The summed E-state index contributed by atoms with van der Waals surface area (Å²) in [5.41, 5.74) is -1.19. The van der Waals surface area contributed by atoms with Crippen molar-refractivity contribution in [3.63, 3.8) is 0 Å². The molecule has 1 aliphatic heterocycles. The number of carbonyl (C=O) groups is 3. The highest BCUT2D eigenvalue weighted by Crippen LogP contribution is 2.46. The first-order valence-electron chi connectivity index (χ1n) is 11.6. The third-order valence-electron chi connectivity index (χ3n) is 6.18. The lowest BCUT2D eigenvalue weighted by Gasteiger charge is -2.45. The van der Waals surface area contributed by atoms with Crippen molar-refractivity contribution in [1.82, 2.24) is 10.2 Å². The fourth-order valence-corrected chi connectivity index (χ4v) is 4.24. The zero-order chi connectivity index (χ0) is 24.1. The van der Waals surface area contributed by atoms with Gasteiger partial charge in [-0.3, -0.25) is 14.5 Å². The monoisotopic (exact) mass is 453 g/mol. The highest BCUT2D eigenvalue weighted by atomic mass is 16.6. The van der Waals surface area contributed by atoms with Crippen LogP contribution in [0.3, 0.4) is 0 Å². The van der Waals surface area contributed by atoms with E-state index in [2.05, 4.69) is 10.3 Å². The number of guanidine groups is 1. The van der Waals surface area contributed by atoms with E-state index in [9.17, 15) is 14.4 Å². The van der Waals surface area contributed by atoms with Crippen LogP contribution < -0.4 is 5.32 Å². The molecule has 1 saturated heterocycles. The molecule has 2 rings (SSSR count). The fraction of sp³-hybridized carbons (Fsp3) is 0.826. The summed E-state index contributed by atoms with van der Waals surface area (Å²) in [5.74, 6) is -0.523. The number of hydrogen-bond acceptors (Lipinski definition) is 6. The molecule has 2 aliphatic rings. The standard InChI is InChI=1S/C23H39N3O6/c1-8-23(9-2)14-18(27)26(20(25-23)24-21(29)32-22(4,5)6)17(11-12-30-7)15-13-16(15)19(28)31-10-3/h15-17H,8-14H2,1-7H3,(H,24,25,29)/t15-,16-,17?/m1/s1. The molecule has 0 aromatic rings. The van der Waals surface area contributed by atoms with Crippen molar-refractivity contribution in [2.24, 2.45) is 16.8 Å². The van der Waals surface area contributed by atoms with E-state index in [0.717, 1.165) is 0 Å². The molecule has 1 N–H and O–H groups in total. The van der Waals surface area contributed by atoms with Crippen LogP contribution >= 0.6 is 0 Å². The lowest BCUT2D eigenvalue weighted by molar-refractivity contribution is -0.145. The highest BCUT2D eigenvalue weighted by molar-refractivity contribution is 6.04. The van der Waals surface area contributed by atoms with Crippen LogP contribution in [-0.4, -0.2) is 66.3 Å². The van der Waals surface area contributed by atoms with Crippen molar-refractivity contribution in [2.75, 3.05) is 20.3 Å². The molecule has 0 spiro atoms. The summed E-state index contributed by atoms with van der Waals surface area (Å²) in [4.78, 5) is 44.0. The molecule has 0 aromatic heterocycles. The van der Waals surface area contributed by atoms with Gasteiger partial charge in [0, 0.05) is 25.3 Å². The number of aliphatic imine (C=N–C) groups is 1. The van der Waals surface area contributed by atoms with Crippen LogP contribution in [0, 0.1) is 11.8 Å². The number of ether oxygens (including phenoxy) is 3. The van der Waals surface area contributed by atoms with Gasteiger partial charge in [-0.2, -0.15) is 0 Å². The first-order chi connectivity index (χ1) is 15.0. The van der Waals surface area contributed by atoms with Gasteiger partial charge in [0.2, 0.25) is 11.9 Å². The maximum absolute atomic E-state index is 13.4. The van der Waals surface area contributed by atoms with Gasteiger partial charge in [0.25, 0.3) is 0 Å². The van der Waals surface area contributed by atoms with Crippen LogP contribution in [0.4, 0.5) is 4.79 Å². The molecule has 32 heavy (non-hydrogen) atoms. The second-order valence-corrected chi connectivity index (χ2v) is 9.58. The van der Waals surface area contributed by atoms with E-state index in [4.69, 9.17) is 14.2 Å². The van der Waals surface area contributed by atoms with Crippen molar-refractivity contribution < 1.29 is 28.6 Å². The number of hydrogen-bond donors (Lipinski definition) is 1. The number of amides is 2. The van der Waals surface area contributed by atoms with Gasteiger partial charge in [-0.15, -0.1) is 4.99 Å². The molecule has 1 saturated carbocycles. The Labute approximate surface area is 191 Å². The number of nitrogens with one attached hydrogen (secondary N) is 1. The molecule has 1 heterocycles. The number of carbonyl (C=O) groups excluding carboxylic acids is 3. The normalized spacial score (nSPS) is 24.7. The van der Waals surface area contributed by atoms with Crippen LogP contribution in [0.25, 0.3) is 0 Å². The smallest absolute Gasteiger partial charge is 0.437 e. The van der Waals surface area contributed by atoms with Crippen LogP contribution in [0.2, 0.25) is 0 Å². The van der Waals surface area contributed by atoms with Crippen LogP contribution in [0.1, 0.15) is 73.6 Å². The maximum Gasteiger partial charge on any atom is 0.437 e. The van der Waals surface area contributed by atoms with E-state index in [1.54, 1.807) is 39.7 Å². The Bertz CT molecular complexity index is 726. The van der Waals surface area contributed by atoms with Crippen molar-refractivity contribution >= 4 is 23.9 Å². The zero-order valence-electron chi connectivity index (χ0n) is 20.5. The van der Waals surface area contributed by atoms with Gasteiger partial charge in [-0.25, -0.2) is 4.79 Å². The molecule has 2 amide bonds. The Kier molecular flexibility index (Phi) is 8.67. The summed E-state index contributed by atoms with van der Waals surface area (Å²) < 4.78 is 15.8. The molecule has 0 radical (unpaired) electrons. The maximum atomic E-state index is 13.4. The van der Waals surface area contributed by atoms with Gasteiger partial charge in [-0.1, -0.05) is 13.8 Å². The first-order valence-corrected chi connectivity index (χ1v) is 11.6. The third-order valence-corrected chi connectivity index (χ3v) is 6.18. The lowest BCUT2D eigenvalue weighted by atomic mass is 9.86. The molecule has 9 nitrogen and oxygen atoms in total. The lowest BCUT2D eigenvalue weighted by Crippen LogP contribution is -2.65. The van der Waals surface area contributed by atoms with Gasteiger partial charge in [0.1, 0.15) is 5.60 Å². The molecule has 182 valence electrons. The van der Waals surface area contributed by atoms with Crippen molar-refractivity contribution in [1.29, 1.82) is 0 Å². The molecule has 1 aliphatic carbocycles. The summed E-state index contributed by atoms with van der Waals surface area (Å²) in [5, 5.41) is 3.37. The minimum atomic E-state index is -0.760. The van der Waals surface area contributed by atoms with E-state index in [1.165, 1.54) is 0 Å². The Morgan fingerprint density at radius 2 is 1.91 bits per heavy atom. The average molecular weight is 454 g/mol. The van der Waals surface area contributed by atoms with E-state index < -0.39 is 17.2 Å². The van der Waals surface area contributed by atoms with Crippen molar-refractivity contribution in [2.45, 2.75) is 90.8 Å². The highest BCUT2D eigenvalue weighted by Gasteiger charge is 2.54. The molecule has 9 heteroatoms. The summed E-state index contributed by atoms with van der Waals surface area (Å²) >= 11 is 0. The predicted molar refractivity (Wildman–Crippen MR) is 120 cm³/mol. The molecule has 0 bridgehead atoms. The zero-order valence-corrected chi connectivity index (χ0v) is 20.5. The van der Waals surface area contributed by atoms with Crippen LogP contribution in [0.5, 0.6) is 0 Å². The third kappa shape index (κ3) is 6.43. The molecule has 0 aromatic carbocycles. The Balaban J connectivity index is 2.40. The van der Waals surface area contributed by atoms with E-state index in [0.29, 0.717) is 38.9 Å². The minimum absolute atomic E-state index is 0.0745. The van der Waals surface area contributed by atoms with Crippen molar-refractivity contribution in [3.05, 3.63) is 0 Å². The summed E-state index contributed by atoms with van der Waals surface area (Å²) in [6, 6.07) is -0.336. The molecule has 1 unspecified atom stereocenters. The minimum Gasteiger partial charge on any atom is -0.466 e. The average Bonchev–Trinajstić information content (AvgIpc) is 3.49. The largest absolute Gasteiger partial charge is 0.466 e. The summed E-state index contributed by atoms with van der Waals surface area (Å²) in [6.07, 6.45) is 2.08. The SMILES string of the molecule is CCOC(=O)[C@@H]1C[C@H]1C(CCOC)N1C(=O)CC(CC)(CC)N/C1=N\C(=O)OC(C)(C)C. The van der Waals surface area contributed by atoms with Gasteiger partial charge in [-0.05, 0) is 59.3 Å². The topological polar surface area (TPSA) is 107 Å². The predicted octanol–water partition coefficient (Wildman–Crippen LogP) is 3.26. The first kappa shape index (κ1) is 26.1. The van der Waals surface area contributed by atoms with Crippen LogP contribution in [-0.2, 0) is 23.8 Å². The van der Waals surface area contributed by atoms with Crippen LogP contribution in [0.15, 0.2) is 4.99 Å². The molecule has 3 atom stereocenters. The number of methoxy groups -OCH3 is 1. The van der Waals surface area contributed by atoms with Gasteiger partial charge < -0.3 is 19.5 Å². The fourth-order valence-electron chi connectivity index (χ4n) is 4.24. The van der Waals surface area contributed by atoms with E-state index in [1.807, 2.05) is 13.8 Å². The second kappa shape index (κ2) is 10.6. The number of rotatable bonds is 9. The Morgan fingerprint density at radius 1 is 1.25 bits per heavy atom. The number of nitrogens with zero attached hydrogens (tertiary/aromatic N) is 2. The van der Waals surface area contributed by atoms with E-state index >= 15 is 0 Å². The molecular weight excluding hydrogens is 414 g/mol. The van der Waals surface area contributed by atoms with Gasteiger partial charge in [0.15, 0.2) is 0 Å². The quantitative estimate of drug-likeness (QED) is 0.534. The van der Waals surface area contributed by atoms with Gasteiger partial charge >= 0.3 is 12.1 Å². The number of esters is 1. The van der Waals surface area contributed by atoms with E-state index in [-0.39, 0.29) is 42.1 Å². The second-order valence-electron chi connectivity index (χ2n) is 9.58. The summed E-state index contributed by atoms with van der Waals surface area (Å²) in [6.45, 7) is 11.8. The molecular formula is C23H39N3O6. The van der Waals surface area contributed by atoms with Crippen molar-refractivity contribution in [3.8, 4) is 0 Å². The molecule has 2 fully saturated rings. The summed E-state index contributed by atoms with van der Waals surface area (Å²) in [7, 11) is 1.60. The Morgan fingerprint density at radius 3 is 2.44 bits per heavy atom.